The number of aliphatic hydroxyl groups excluding tert-OH is 1. The molecule has 0 saturated heterocycles. The van der Waals surface area contributed by atoms with E-state index in [1.165, 1.54) is 18.3 Å². The summed E-state index contributed by atoms with van der Waals surface area (Å²) < 4.78 is 35.7. The first kappa shape index (κ1) is 41.8. The Morgan fingerprint density at radius 3 is 2.36 bits per heavy atom. The minimum atomic E-state index is -3.82. The van der Waals surface area contributed by atoms with Crippen LogP contribution < -0.4 is 19.9 Å². The number of carboxylic acid groups (broad SMARTS) is 1. The topological polar surface area (TPSA) is 173 Å². The molecule has 5 rings (SSSR count). The average molecular weight is 787 g/mol. The fraction of sp³-hybridized carbons (Fsp3) is 0.381. The molecule has 0 bridgehead atoms. The SMILES string of the molecule is CN(C)c1ccc2c(c1)OC1=CC(N(C)C)C=CC1=C2c1ccc(C(=O)NCC[NH+]=C(O)CCCCCCCCCOS(=O)(=O)c2ccccn2)cc1C(=O)O. The number of allylic oxidation sites excluding steroid dienone is 1. The van der Waals surface area contributed by atoms with Gasteiger partial charge in [-0.2, -0.15) is 8.42 Å². The molecule has 4 N–H and O–H groups in total. The number of carbonyl (C=O) groups excluding carboxylic acids is 1. The lowest BCUT2D eigenvalue weighted by Crippen LogP contribution is -2.75. The summed E-state index contributed by atoms with van der Waals surface area (Å²) in [5.41, 5.74) is 3.87. The van der Waals surface area contributed by atoms with Crippen LogP contribution >= 0.6 is 0 Å². The van der Waals surface area contributed by atoms with E-state index in [0.29, 0.717) is 42.0 Å². The third-order valence-corrected chi connectivity index (χ3v) is 10.8. The number of benzene rings is 2. The minimum absolute atomic E-state index is 0.00246. The highest BCUT2D eigenvalue weighted by Crippen LogP contribution is 2.45. The third-order valence-electron chi connectivity index (χ3n) is 9.60. The first-order valence-corrected chi connectivity index (χ1v) is 20.3. The summed E-state index contributed by atoms with van der Waals surface area (Å²) in [5.74, 6) is -0.169. The van der Waals surface area contributed by atoms with Crippen LogP contribution in [0.15, 0.2) is 95.4 Å². The molecule has 1 atom stereocenters. The van der Waals surface area contributed by atoms with Crippen LogP contribution in [0.25, 0.3) is 5.57 Å². The van der Waals surface area contributed by atoms with Gasteiger partial charge in [0, 0.05) is 60.4 Å². The molecule has 2 heterocycles. The van der Waals surface area contributed by atoms with Gasteiger partial charge in [0.1, 0.15) is 11.5 Å². The molecule has 1 unspecified atom stereocenters. The molecule has 1 aliphatic heterocycles. The normalized spacial score (nSPS) is 15.2. The zero-order valence-corrected chi connectivity index (χ0v) is 33.3. The highest BCUT2D eigenvalue weighted by Gasteiger charge is 2.30. The van der Waals surface area contributed by atoms with Crippen LogP contribution in [0.5, 0.6) is 5.75 Å². The fourth-order valence-corrected chi connectivity index (χ4v) is 7.38. The van der Waals surface area contributed by atoms with E-state index >= 15 is 0 Å². The van der Waals surface area contributed by atoms with Crippen LogP contribution in [0, 0.1) is 0 Å². The van der Waals surface area contributed by atoms with Gasteiger partial charge >= 0.3 is 22.0 Å². The Morgan fingerprint density at radius 1 is 0.929 bits per heavy atom. The standard InChI is InChI=1S/C42H51N5O8S/c1-46(2)30-17-20-33-36(27-30)55-37-28-31(47(3)4)18-21-34(37)40(33)32-19-16-29(26-35(32)42(50)51)41(49)45-24-23-43-38(48)14-10-8-6-5-7-9-13-25-54-56(52,53)39-15-11-12-22-44-39/h11-12,15-22,26-28,30H,5-10,13-14,23-25H2,1-4H3,(H,43,48)(H,45,49)(H,50,51)/p+1. The molecule has 2 aromatic carbocycles. The number of ether oxygens (including phenoxy) is 1. The van der Waals surface area contributed by atoms with Crippen molar-refractivity contribution < 1.29 is 42.1 Å². The Balaban J connectivity index is 1.09. The summed E-state index contributed by atoms with van der Waals surface area (Å²) in [5, 5.41) is 23.4. The Hall–Kier alpha value is -5.31. The molecule has 2 aliphatic rings. The van der Waals surface area contributed by atoms with Crippen molar-refractivity contribution in [3.63, 3.8) is 0 Å². The van der Waals surface area contributed by atoms with Crippen LogP contribution in [0.4, 0.5) is 5.69 Å². The second-order valence-corrected chi connectivity index (χ2v) is 15.7. The van der Waals surface area contributed by atoms with Crippen molar-refractivity contribution in [2.24, 2.45) is 0 Å². The van der Waals surface area contributed by atoms with Crippen molar-refractivity contribution in [1.82, 2.24) is 15.2 Å². The molecule has 0 spiro atoms. The van der Waals surface area contributed by atoms with Gasteiger partial charge in [0.15, 0.2) is 11.6 Å². The van der Waals surface area contributed by atoms with Gasteiger partial charge in [0.25, 0.3) is 5.91 Å². The lowest BCUT2D eigenvalue weighted by molar-refractivity contribution is -0.465. The quantitative estimate of drug-likeness (QED) is 0.0541. The Kier molecular flexibility index (Phi) is 14.6. The predicted octanol–water partition coefficient (Wildman–Crippen LogP) is 4.72. The van der Waals surface area contributed by atoms with E-state index in [1.807, 2.05) is 69.5 Å². The number of hydrogen-bond acceptors (Lipinski definition) is 9. The highest BCUT2D eigenvalue weighted by molar-refractivity contribution is 7.86. The summed E-state index contributed by atoms with van der Waals surface area (Å²) in [6.07, 6.45) is 14.1. The Bertz CT molecular complexity index is 2110. The van der Waals surface area contributed by atoms with E-state index in [-0.39, 0.29) is 41.2 Å². The van der Waals surface area contributed by atoms with Gasteiger partial charge in [-0.1, -0.05) is 56.4 Å². The van der Waals surface area contributed by atoms with Gasteiger partial charge in [0.2, 0.25) is 0 Å². The van der Waals surface area contributed by atoms with Gasteiger partial charge in [-0.15, -0.1) is 0 Å². The molecular weight excluding hydrogens is 735 g/mol. The van der Waals surface area contributed by atoms with Gasteiger partial charge in [-0.25, -0.2) is 14.8 Å². The number of carbonyl (C=O) groups is 2. The van der Waals surface area contributed by atoms with Crippen molar-refractivity contribution in [3.8, 4) is 5.75 Å². The number of unbranched alkanes of at least 4 members (excludes halogenated alkanes) is 6. The first-order chi connectivity index (χ1) is 26.9. The van der Waals surface area contributed by atoms with Gasteiger partial charge in [-0.05, 0) is 75.0 Å². The zero-order chi connectivity index (χ0) is 40.2. The van der Waals surface area contributed by atoms with Crippen molar-refractivity contribution in [1.29, 1.82) is 0 Å². The van der Waals surface area contributed by atoms with E-state index in [1.54, 1.807) is 24.3 Å². The number of amides is 1. The maximum absolute atomic E-state index is 13.1. The summed E-state index contributed by atoms with van der Waals surface area (Å²) in [7, 11) is 4.02. The fourth-order valence-electron chi connectivity index (χ4n) is 6.48. The number of nitrogens with one attached hydrogen (secondary N) is 2. The molecular formula is C42H52N5O8S+. The number of aliphatic hydroxyl groups is 1. The Labute approximate surface area is 329 Å². The maximum atomic E-state index is 13.1. The molecule has 3 aromatic rings. The molecule has 298 valence electrons. The molecule has 0 radical (unpaired) electrons. The minimum Gasteiger partial charge on any atom is -0.478 e. The third kappa shape index (κ3) is 10.9. The lowest BCUT2D eigenvalue weighted by atomic mass is 9.84. The molecule has 0 fully saturated rings. The number of aromatic carboxylic acids is 1. The van der Waals surface area contributed by atoms with Crippen LogP contribution in [-0.4, -0.2) is 100 Å². The van der Waals surface area contributed by atoms with Crippen LogP contribution in [0.3, 0.4) is 0 Å². The lowest BCUT2D eigenvalue weighted by Gasteiger charge is -2.31. The van der Waals surface area contributed by atoms with E-state index < -0.39 is 22.0 Å². The Morgan fingerprint density at radius 2 is 1.66 bits per heavy atom. The summed E-state index contributed by atoms with van der Waals surface area (Å²) >= 11 is 0. The molecule has 14 heteroatoms. The molecule has 1 aromatic heterocycles. The van der Waals surface area contributed by atoms with E-state index in [0.717, 1.165) is 55.3 Å². The van der Waals surface area contributed by atoms with Crippen molar-refractivity contribution in [2.45, 2.75) is 62.4 Å². The maximum Gasteiger partial charge on any atom is 0.336 e. The van der Waals surface area contributed by atoms with E-state index in [9.17, 15) is 28.2 Å². The van der Waals surface area contributed by atoms with E-state index in [2.05, 4.69) is 20.2 Å². The van der Waals surface area contributed by atoms with Crippen LogP contribution in [0.2, 0.25) is 0 Å². The van der Waals surface area contributed by atoms with Gasteiger partial charge in [-0.3, -0.25) is 13.9 Å². The first-order valence-electron chi connectivity index (χ1n) is 18.9. The number of hydrogen-bond donors (Lipinski definition) is 4. The number of pyridine rings is 1. The summed E-state index contributed by atoms with van der Waals surface area (Å²) in [6, 6.07) is 15.2. The highest BCUT2D eigenvalue weighted by atomic mass is 32.2. The van der Waals surface area contributed by atoms with Gasteiger partial charge < -0.3 is 25.2 Å². The van der Waals surface area contributed by atoms with Crippen LogP contribution in [0.1, 0.15) is 83.2 Å². The molecule has 56 heavy (non-hydrogen) atoms. The molecule has 1 amide bonds. The monoisotopic (exact) mass is 786 g/mol. The number of carboxylic acids is 1. The molecule has 1 aliphatic carbocycles. The summed E-state index contributed by atoms with van der Waals surface area (Å²) in [4.78, 5) is 36.6. The number of likely N-dealkylation sites (N-methyl/N-ethyl adjacent to an activating group) is 1. The second kappa shape index (κ2) is 19.5. The number of rotatable bonds is 20. The number of aromatic nitrogens is 1. The van der Waals surface area contributed by atoms with Crippen LogP contribution in [-0.2, 0) is 14.3 Å². The smallest absolute Gasteiger partial charge is 0.336 e. The molecule has 13 nitrogen and oxygen atoms in total. The van der Waals surface area contributed by atoms with Crippen molar-refractivity contribution in [3.05, 3.63) is 113 Å². The zero-order valence-electron chi connectivity index (χ0n) is 32.5. The average Bonchev–Trinajstić information content (AvgIpc) is 3.18. The van der Waals surface area contributed by atoms with Crippen molar-refractivity contribution >= 4 is 39.2 Å². The number of fused-ring (bicyclic) bond motifs is 2. The summed E-state index contributed by atoms with van der Waals surface area (Å²) in [6.45, 7) is 0.651. The van der Waals surface area contributed by atoms with Gasteiger partial charge in [0.05, 0.1) is 25.1 Å². The number of nitrogens with zero attached hydrogens (tertiary/aromatic N) is 3. The van der Waals surface area contributed by atoms with E-state index in [4.69, 9.17) is 8.92 Å². The predicted molar refractivity (Wildman–Crippen MR) is 216 cm³/mol. The number of anilines is 1. The van der Waals surface area contributed by atoms with Crippen molar-refractivity contribution in [2.75, 3.05) is 52.8 Å². The second-order valence-electron chi connectivity index (χ2n) is 14.2. The largest absolute Gasteiger partial charge is 0.478 e. The molecule has 0 saturated carbocycles.